The van der Waals surface area contributed by atoms with Gasteiger partial charge in [0.05, 0.1) is 21.9 Å². The van der Waals surface area contributed by atoms with E-state index in [0.29, 0.717) is 22.3 Å². The largest absolute Gasteiger partial charge is 0.434 e. The number of hydrogen-bond donors (Lipinski definition) is 2. The first-order chi connectivity index (χ1) is 12.9. The van der Waals surface area contributed by atoms with Gasteiger partial charge in [0.15, 0.2) is 16.6 Å². The Morgan fingerprint density at radius 3 is 2.44 bits per heavy atom. The number of nitrogens with zero attached hydrogens (tertiary/aromatic N) is 3. The van der Waals surface area contributed by atoms with Gasteiger partial charge in [-0.25, -0.2) is 19.9 Å². The average Bonchev–Trinajstić information content (AvgIpc) is 3.44. The second-order valence-corrected chi connectivity index (χ2v) is 7.06. The number of aromatic nitrogens is 5. The van der Waals surface area contributed by atoms with E-state index >= 15 is 0 Å². The minimum Gasteiger partial charge on any atom is -0.434 e. The number of H-pyrrole nitrogens is 2. The van der Waals surface area contributed by atoms with Crippen LogP contribution < -0.4 is 16.0 Å². The second-order valence-electron chi connectivity index (χ2n) is 5.89. The van der Waals surface area contributed by atoms with Crippen molar-refractivity contribution < 1.29 is 4.74 Å². The molecule has 2 heterocycles. The van der Waals surface area contributed by atoms with Crippen molar-refractivity contribution in [3.05, 3.63) is 60.1 Å². The highest BCUT2D eigenvalue weighted by atomic mass is 35.5. The van der Waals surface area contributed by atoms with Crippen molar-refractivity contribution in [2.45, 2.75) is 18.8 Å². The molecule has 1 aromatic carbocycles. The van der Waals surface area contributed by atoms with E-state index in [1.54, 1.807) is 0 Å². The van der Waals surface area contributed by atoms with Crippen LogP contribution in [0.2, 0.25) is 15.2 Å². The van der Waals surface area contributed by atoms with Crippen LogP contribution in [0.3, 0.4) is 0 Å². The Kier molecular flexibility index (Phi) is 4.63. The fraction of sp³-hybridized carbons (Fsp3) is 0.188. The third kappa shape index (κ3) is 3.69. The molecule has 0 amide bonds. The lowest BCUT2D eigenvalue weighted by atomic mass is 10.1. The summed E-state index contributed by atoms with van der Waals surface area (Å²) in [5.74, 6) is 0.652. The van der Waals surface area contributed by atoms with Gasteiger partial charge >= 0.3 is 5.69 Å². The zero-order valence-electron chi connectivity index (χ0n) is 13.4. The van der Waals surface area contributed by atoms with E-state index in [1.165, 1.54) is 18.3 Å². The molecule has 0 radical (unpaired) electrons. The first-order valence-electron chi connectivity index (χ1n) is 7.81. The van der Waals surface area contributed by atoms with E-state index in [4.69, 9.17) is 39.5 Å². The van der Waals surface area contributed by atoms with Crippen molar-refractivity contribution in [1.82, 2.24) is 25.1 Å². The van der Waals surface area contributed by atoms with E-state index in [0.717, 1.165) is 12.8 Å². The van der Waals surface area contributed by atoms with E-state index in [-0.39, 0.29) is 27.4 Å². The molecule has 0 spiro atoms. The summed E-state index contributed by atoms with van der Waals surface area (Å²) in [6, 6.07) is 2.90. The molecule has 1 aliphatic carbocycles. The summed E-state index contributed by atoms with van der Waals surface area (Å²) in [6.45, 7) is 0. The Hall–Kier alpha value is -2.42. The monoisotopic (exact) mass is 425 g/mol. The number of hydrogen-bond acceptors (Lipinski definition) is 6. The molecule has 1 fully saturated rings. The fourth-order valence-electron chi connectivity index (χ4n) is 2.48. The van der Waals surface area contributed by atoms with Crippen molar-refractivity contribution in [1.29, 1.82) is 0 Å². The molecule has 0 atom stereocenters. The lowest BCUT2D eigenvalue weighted by Gasteiger charge is -2.11. The third-order valence-electron chi connectivity index (χ3n) is 3.88. The van der Waals surface area contributed by atoms with E-state index < -0.39 is 11.2 Å². The molecule has 0 saturated heterocycles. The molecule has 0 bridgehead atoms. The first-order valence-corrected chi connectivity index (χ1v) is 8.94. The molecule has 4 rings (SSSR count). The van der Waals surface area contributed by atoms with Crippen LogP contribution >= 0.6 is 34.8 Å². The van der Waals surface area contributed by atoms with Gasteiger partial charge < -0.3 is 4.74 Å². The number of aromatic amines is 2. The maximum absolute atomic E-state index is 11.9. The summed E-state index contributed by atoms with van der Waals surface area (Å²) in [5.41, 5.74) is -0.421. The quantitative estimate of drug-likeness (QED) is 0.659. The van der Waals surface area contributed by atoms with Gasteiger partial charge in [-0.2, -0.15) is 5.10 Å². The van der Waals surface area contributed by atoms with Crippen LogP contribution in [0, 0.1) is 0 Å². The SMILES string of the molecule is O=c1[nH]nc(-c2cc(Cl)c(Oc3cnc(Cl)c(C4CC4)n3)c(Cl)c2)c(=O)[nH]1. The van der Waals surface area contributed by atoms with Crippen molar-refractivity contribution >= 4 is 34.8 Å². The third-order valence-corrected chi connectivity index (χ3v) is 4.74. The first kappa shape index (κ1) is 18.0. The zero-order valence-corrected chi connectivity index (χ0v) is 15.7. The Labute approximate surface area is 166 Å². The van der Waals surface area contributed by atoms with Gasteiger partial charge in [-0.3, -0.25) is 9.78 Å². The lowest BCUT2D eigenvalue weighted by molar-refractivity contribution is 0.458. The van der Waals surface area contributed by atoms with Gasteiger partial charge in [-0.15, -0.1) is 0 Å². The predicted octanol–water partition coefficient (Wildman–Crippen LogP) is 3.55. The van der Waals surface area contributed by atoms with Crippen LogP contribution in [-0.4, -0.2) is 25.1 Å². The maximum Gasteiger partial charge on any atom is 0.342 e. The predicted molar refractivity (Wildman–Crippen MR) is 100 cm³/mol. The summed E-state index contributed by atoms with van der Waals surface area (Å²) >= 11 is 18.6. The molecule has 27 heavy (non-hydrogen) atoms. The molecule has 138 valence electrons. The molecular formula is C16H10Cl3N5O3. The molecule has 1 aliphatic rings. The minimum absolute atomic E-state index is 0.0349. The molecule has 3 aromatic rings. The van der Waals surface area contributed by atoms with Crippen molar-refractivity contribution in [3.8, 4) is 22.9 Å². The molecule has 11 heteroatoms. The topological polar surface area (TPSA) is 114 Å². The highest BCUT2D eigenvalue weighted by Crippen LogP contribution is 2.43. The van der Waals surface area contributed by atoms with Gasteiger partial charge in [0.1, 0.15) is 0 Å². The lowest BCUT2D eigenvalue weighted by Crippen LogP contribution is -2.25. The standard InChI is InChI=1S/C16H10Cl3N5O3/c17-8-3-7(12-15(25)22-16(26)24-23-12)4-9(18)13(8)27-10-5-20-14(19)11(21-10)6-1-2-6/h3-6H,1-2H2,(H2,22,24,25,26). The Morgan fingerprint density at radius 2 is 1.81 bits per heavy atom. The van der Waals surface area contributed by atoms with Crippen LogP contribution in [0.25, 0.3) is 11.3 Å². The van der Waals surface area contributed by atoms with Crippen LogP contribution in [0.1, 0.15) is 24.5 Å². The second kappa shape index (κ2) is 6.95. The fourth-order valence-corrected chi connectivity index (χ4v) is 3.29. The van der Waals surface area contributed by atoms with Crippen LogP contribution in [0.15, 0.2) is 27.9 Å². The molecule has 0 unspecified atom stereocenters. The van der Waals surface area contributed by atoms with Gasteiger partial charge in [-0.1, -0.05) is 34.8 Å². The van der Waals surface area contributed by atoms with E-state index in [9.17, 15) is 9.59 Å². The normalized spacial score (nSPS) is 13.6. The number of halogens is 3. The summed E-state index contributed by atoms with van der Waals surface area (Å²) in [4.78, 5) is 33.5. The molecular weight excluding hydrogens is 417 g/mol. The van der Waals surface area contributed by atoms with Crippen LogP contribution in [-0.2, 0) is 0 Å². The maximum atomic E-state index is 11.9. The van der Waals surface area contributed by atoms with Crippen molar-refractivity contribution in [3.63, 3.8) is 0 Å². The van der Waals surface area contributed by atoms with E-state index in [2.05, 4.69) is 25.1 Å². The molecule has 2 aromatic heterocycles. The van der Waals surface area contributed by atoms with Crippen molar-refractivity contribution in [2.24, 2.45) is 0 Å². The number of nitrogens with one attached hydrogen (secondary N) is 2. The van der Waals surface area contributed by atoms with Gasteiger partial charge in [-0.05, 0) is 25.0 Å². The van der Waals surface area contributed by atoms with E-state index in [1.807, 2.05) is 0 Å². The smallest absolute Gasteiger partial charge is 0.342 e. The Morgan fingerprint density at radius 1 is 1.11 bits per heavy atom. The summed E-state index contributed by atoms with van der Waals surface area (Å²) in [7, 11) is 0. The number of ether oxygens (including phenoxy) is 1. The van der Waals surface area contributed by atoms with Gasteiger partial charge in [0, 0.05) is 11.5 Å². The molecule has 1 saturated carbocycles. The van der Waals surface area contributed by atoms with Crippen LogP contribution in [0.4, 0.5) is 0 Å². The number of rotatable bonds is 4. The summed E-state index contributed by atoms with van der Waals surface area (Å²) < 4.78 is 5.69. The molecule has 0 aliphatic heterocycles. The summed E-state index contributed by atoms with van der Waals surface area (Å²) in [5, 5.41) is 6.48. The minimum atomic E-state index is -0.714. The molecule has 8 nitrogen and oxygen atoms in total. The highest BCUT2D eigenvalue weighted by Gasteiger charge is 2.28. The zero-order chi connectivity index (χ0) is 19.1. The number of benzene rings is 1. The average molecular weight is 427 g/mol. The van der Waals surface area contributed by atoms with Gasteiger partial charge in [0.25, 0.3) is 5.56 Å². The Bertz CT molecular complexity index is 1130. The van der Waals surface area contributed by atoms with Crippen molar-refractivity contribution in [2.75, 3.05) is 0 Å². The molecule has 2 N–H and O–H groups in total. The van der Waals surface area contributed by atoms with Gasteiger partial charge in [0.2, 0.25) is 5.88 Å². The summed E-state index contributed by atoms with van der Waals surface area (Å²) in [6.07, 6.45) is 3.40. The Balaban J connectivity index is 1.69. The highest BCUT2D eigenvalue weighted by molar-refractivity contribution is 6.37. The van der Waals surface area contributed by atoms with Crippen LogP contribution in [0.5, 0.6) is 11.6 Å².